The number of ether oxygens (including phenoxy) is 1. The number of amides is 1. The lowest BCUT2D eigenvalue weighted by atomic mass is 10.4. The van der Waals surface area contributed by atoms with E-state index in [2.05, 4.69) is 0 Å². The minimum atomic E-state index is 0.750. The molecule has 0 aromatic carbocycles. The molecule has 12 heavy (non-hydrogen) atoms. The molecule has 0 aromatic heterocycles. The van der Waals surface area contributed by atoms with Crippen molar-refractivity contribution in [2.45, 2.75) is 12.8 Å². The third-order valence-electron chi connectivity index (χ3n) is 1.04. The Labute approximate surface area is 74.1 Å². The van der Waals surface area contributed by atoms with Gasteiger partial charge in [-0.1, -0.05) is 0 Å². The van der Waals surface area contributed by atoms with Crippen LogP contribution in [-0.2, 0) is 9.53 Å². The van der Waals surface area contributed by atoms with E-state index in [1.54, 1.807) is 14.1 Å². The summed E-state index contributed by atoms with van der Waals surface area (Å²) in [6, 6.07) is 0. The van der Waals surface area contributed by atoms with Crippen molar-refractivity contribution in [2.75, 3.05) is 34.4 Å². The van der Waals surface area contributed by atoms with Gasteiger partial charge in [-0.2, -0.15) is 0 Å². The summed E-state index contributed by atoms with van der Waals surface area (Å²) in [6.07, 6.45) is 3.31. The molecule has 1 fully saturated rings. The number of carbonyl (C=O) groups excluding carboxylic acids is 1. The molecule has 0 radical (unpaired) electrons. The predicted molar refractivity (Wildman–Crippen MR) is 47.9 cm³/mol. The number of hydrogen-bond donors (Lipinski definition) is 1. The summed E-state index contributed by atoms with van der Waals surface area (Å²) >= 11 is 0. The molecule has 0 atom stereocenters. The highest BCUT2D eigenvalue weighted by molar-refractivity contribution is 5.45. The van der Waals surface area contributed by atoms with Crippen LogP contribution in [0.2, 0.25) is 0 Å². The van der Waals surface area contributed by atoms with Crippen LogP contribution in [-0.4, -0.2) is 50.8 Å². The largest absolute Gasteiger partial charge is 0.400 e. The maximum Gasteiger partial charge on any atom is 0.209 e. The lowest BCUT2D eigenvalue weighted by Crippen LogP contribution is -2.06. The summed E-state index contributed by atoms with van der Waals surface area (Å²) in [5, 5.41) is 7.00. The summed E-state index contributed by atoms with van der Waals surface area (Å²) in [4.78, 5) is 10.9. The second-order valence-corrected chi connectivity index (χ2v) is 2.39. The molecular weight excluding hydrogens is 158 g/mol. The van der Waals surface area contributed by atoms with Crippen molar-refractivity contribution in [3.63, 3.8) is 0 Å². The first-order chi connectivity index (χ1) is 5.77. The number of aliphatic hydroxyl groups is 1. The topological polar surface area (TPSA) is 49.8 Å². The summed E-state index contributed by atoms with van der Waals surface area (Å²) in [7, 11) is 4.38. The first-order valence-corrected chi connectivity index (χ1v) is 3.91. The number of aliphatic hydroxyl groups excluding tert-OH is 1. The highest BCUT2D eigenvalue weighted by atomic mass is 16.5. The van der Waals surface area contributed by atoms with Crippen LogP contribution in [0.15, 0.2) is 0 Å². The standard InChI is InChI=1S/C4H8O.C3H7NO.CH4O/c1-2-4-5-3-1;1-4(2)3-5;1-2/h1-4H2;3H,1-2H3;2H,1H3. The van der Waals surface area contributed by atoms with E-state index in [-0.39, 0.29) is 0 Å². The van der Waals surface area contributed by atoms with Gasteiger partial charge in [0.2, 0.25) is 6.41 Å². The Hall–Kier alpha value is -0.610. The monoisotopic (exact) mass is 177 g/mol. The van der Waals surface area contributed by atoms with Crippen LogP contribution in [0.3, 0.4) is 0 Å². The van der Waals surface area contributed by atoms with Crippen LogP contribution in [0.4, 0.5) is 0 Å². The summed E-state index contributed by atoms with van der Waals surface area (Å²) in [5.74, 6) is 0. The summed E-state index contributed by atoms with van der Waals surface area (Å²) in [5.41, 5.74) is 0. The van der Waals surface area contributed by atoms with Gasteiger partial charge < -0.3 is 14.7 Å². The summed E-state index contributed by atoms with van der Waals surface area (Å²) < 4.78 is 4.94. The molecule has 1 rings (SSSR count). The van der Waals surface area contributed by atoms with Gasteiger partial charge in [-0.3, -0.25) is 4.79 Å². The van der Waals surface area contributed by atoms with Gasteiger partial charge in [-0.25, -0.2) is 0 Å². The number of nitrogens with zero attached hydrogens (tertiary/aromatic N) is 1. The quantitative estimate of drug-likeness (QED) is 0.578. The molecule has 1 N–H and O–H groups in total. The van der Waals surface area contributed by atoms with Crippen LogP contribution >= 0.6 is 0 Å². The van der Waals surface area contributed by atoms with Crippen LogP contribution in [0.1, 0.15) is 12.8 Å². The molecule has 1 heterocycles. The molecule has 1 aliphatic heterocycles. The Kier molecular flexibility index (Phi) is 15.1. The van der Waals surface area contributed by atoms with E-state index in [1.807, 2.05) is 0 Å². The van der Waals surface area contributed by atoms with Crippen LogP contribution < -0.4 is 0 Å². The minimum absolute atomic E-state index is 0.750. The minimum Gasteiger partial charge on any atom is -0.400 e. The molecule has 1 saturated heterocycles. The van der Waals surface area contributed by atoms with Gasteiger partial charge in [0.15, 0.2) is 0 Å². The highest BCUT2D eigenvalue weighted by Crippen LogP contribution is 1.98. The highest BCUT2D eigenvalue weighted by Gasteiger charge is 1.94. The van der Waals surface area contributed by atoms with Crippen molar-refractivity contribution < 1.29 is 14.6 Å². The first kappa shape index (κ1) is 13.9. The zero-order valence-electron chi connectivity index (χ0n) is 8.12. The zero-order valence-corrected chi connectivity index (χ0v) is 8.12. The molecular formula is C8H19NO3. The van der Waals surface area contributed by atoms with E-state index < -0.39 is 0 Å². The van der Waals surface area contributed by atoms with Crippen molar-refractivity contribution in [1.29, 1.82) is 0 Å². The average molecular weight is 177 g/mol. The predicted octanol–water partition coefficient (Wildman–Crippen LogP) is 0.110. The van der Waals surface area contributed by atoms with Gasteiger partial charge in [0.05, 0.1) is 0 Å². The van der Waals surface area contributed by atoms with E-state index in [0.29, 0.717) is 0 Å². The molecule has 0 spiro atoms. The smallest absolute Gasteiger partial charge is 0.209 e. The zero-order chi connectivity index (χ0) is 9.82. The van der Waals surface area contributed by atoms with Gasteiger partial charge in [-0.05, 0) is 12.8 Å². The lowest BCUT2D eigenvalue weighted by molar-refractivity contribution is -0.115. The van der Waals surface area contributed by atoms with Gasteiger partial charge in [0.25, 0.3) is 0 Å². The van der Waals surface area contributed by atoms with Crippen molar-refractivity contribution in [3.8, 4) is 0 Å². The Morgan fingerprint density at radius 1 is 1.25 bits per heavy atom. The van der Waals surface area contributed by atoms with E-state index in [9.17, 15) is 4.79 Å². The number of hydrogen-bond acceptors (Lipinski definition) is 3. The Morgan fingerprint density at radius 3 is 1.67 bits per heavy atom. The van der Waals surface area contributed by atoms with Crippen molar-refractivity contribution in [1.82, 2.24) is 4.90 Å². The molecule has 1 amide bonds. The molecule has 0 unspecified atom stereocenters. The van der Waals surface area contributed by atoms with Gasteiger partial charge in [0.1, 0.15) is 0 Å². The van der Waals surface area contributed by atoms with Crippen LogP contribution in [0, 0.1) is 0 Å². The molecule has 4 heteroatoms. The fourth-order valence-electron chi connectivity index (χ4n) is 0.510. The van der Waals surface area contributed by atoms with Gasteiger partial charge >= 0.3 is 0 Å². The maximum absolute atomic E-state index is 9.43. The maximum atomic E-state index is 9.43. The Balaban J connectivity index is 0. The second kappa shape index (κ2) is 13.0. The normalized spacial score (nSPS) is 13.3. The molecule has 0 aromatic rings. The van der Waals surface area contributed by atoms with Crippen molar-refractivity contribution >= 4 is 6.41 Å². The SMILES string of the molecule is C1CCOC1.CN(C)C=O.CO. The Bertz CT molecular complexity index is 74.8. The van der Waals surface area contributed by atoms with E-state index in [0.717, 1.165) is 26.7 Å². The molecule has 74 valence electrons. The molecule has 0 bridgehead atoms. The van der Waals surface area contributed by atoms with E-state index in [1.165, 1.54) is 17.7 Å². The van der Waals surface area contributed by atoms with E-state index >= 15 is 0 Å². The second-order valence-electron chi connectivity index (χ2n) is 2.39. The van der Waals surface area contributed by atoms with Crippen molar-refractivity contribution in [3.05, 3.63) is 0 Å². The summed E-state index contributed by atoms with van der Waals surface area (Å²) in [6.45, 7) is 2.00. The molecule has 4 nitrogen and oxygen atoms in total. The third-order valence-corrected chi connectivity index (χ3v) is 1.04. The van der Waals surface area contributed by atoms with Crippen LogP contribution in [0.25, 0.3) is 0 Å². The molecule has 1 aliphatic rings. The third kappa shape index (κ3) is 16.2. The lowest BCUT2D eigenvalue weighted by Gasteiger charge is -1.93. The Morgan fingerprint density at radius 2 is 1.58 bits per heavy atom. The first-order valence-electron chi connectivity index (χ1n) is 3.91. The van der Waals surface area contributed by atoms with Crippen LogP contribution in [0.5, 0.6) is 0 Å². The van der Waals surface area contributed by atoms with E-state index in [4.69, 9.17) is 9.84 Å². The number of rotatable bonds is 1. The van der Waals surface area contributed by atoms with Crippen molar-refractivity contribution in [2.24, 2.45) is 0 Å². The average Bonchev–Trinajstić information content (AvgIpc) is 2.65. The number of carbonyl (C=O) groups is 1. The van der Waals surface area contributed by atoms with Gasteiger partial charge in [-0.15, -0.1) is 0 Å². The molecule has 0 aliphatic carbocycles. The molecule has 0 saturated carbocycles. The fraction of sp³-hybridized carbons (Fsp3) is 0.875. The van der Waals surface area contributed by atoms with Gasteiger partial charge in [0, 0.05) is 34.4 Å². The fourth-order valence-corrected chi connectivity index (χ4v) is 0.510.